The molecule has 2 aromatic rings. The van der Waals surface area contributed by atoms with Crippen LogP contribution in [-0.2, 0) is 9.59 Å². The molecule has 8 heteroatoms. The highest BCUT2D eigenvalue weighted by atomic mass is 16.5. The molecule has 3 heterocycles. The van der Waals surface area contributed by atoms with Crippen LogP contribution < -0.4 is 14.5 Å². The first-order valence-electron chi connectivity index (χ1n) is 11.2. The maximum Gasteiger partial charge on any atom is 0.233 e. The van der Waals surface area contributed by atoms with Crippen LogP contribution >= 0.6 is 0 Å². The molecule has 0 bridgehead atoms. The summed E-state index contributed by atoms with van der Waals surface area (Å²) in [6, 6.07) is 9.67. The molecule has 2 aliphatic rings. The molecule has 2 saturated heterocycles. The zero-order valence-electron chi connectivity index (χ0n) is 19.2. The number of piperidine rings is 1. The normalized spacial score (nSPS) is 21.1. The van der Waals surface area contributed by atoms with Crippen LogP contribution in [0.3, 0.4) is 0 Å². The van der Waals surface area contributed by atoms with E-state index in [9.17, 15) is 9.59 Å². The Morgan fingerprint density at radius 3 is 2.59 bits per heavy atom. The third kappa shape index (κ3) is 4.69. The molecule has 8 nitrogen and oxygen atoms in total. The Morgan fingerprint density at radius 2 is 1.91 bits per heavy atom. The topological polar surface area (TPSA) is 78.9 Å². The summed E-state index contributed by atoms with van der Waals surface area (Å²) in [4.78, 5) is 31.3. The first-order valence-corrected chi connectivity index (χ1v) is 11.2. The number of aryl methyl sites for hydroxylation is 2. The molecule has 32 heavy (non-hydrogen) atoms. The second kappa shape index (κ2) is 9.14. The SMILES string of the molecule is Cc1ccc(N2CC(C(=O)N3CCCC(Oc4ccc(N(C)C)nn4)C3)CC2=O)cc1C. The molecule has 0 spiro atoms. The second-order valence-corrected chi connectivity index (χ2v) is 8.96. The van der Waals surface area contributed by atoms with Crippen molar-refractivity contribution in [1.29, 1.82) is 0 Å². The number of carbonyl (C=O) groups excluding carboxylic acids is 2. The largest absolute Gasteiger partial charge is 0.471 e. The molecule has 2 unspecified atom stereocenters. The van der Waals surface area contributed by atoms with Gasteiger partial charge in [0, 0.05) is 45.4 Å². The van der Waals surface area contributed by atoms with Crippen molar-refractivity contribution in [3.63, 3.8) is 0 Å². The number of amides is 2. The van der Waals surface area contributed by atoms with E-state index in [0.29, 0.717) is 25.5 Å². The van der Waals surface area contributed by atoms with E-state index in [1.54, 1.807) is 11.0 Å². The van der Waals surface area contributed by atoms with Crippen LogP contribution in [0.15, 0.2) is 30.3 Å². The molecule has 0 radical (unpaired) electrons. The molecule has 2 fully saturated rings. The van der Waals surface area contributed by atoms with Crippen molar-refractivity contribution < 1.29 is 14.3 Å². The summed E-state index contributed by atoms with van der Waals surface area (Å²) in [5, 5.41) is 8.28. The minimum absolute atomic E-state index is 0.00710. The highest BCUT2D eigenvalue weighted by Crippen LogP contribution is 2.29. The van der Waals surface area contributed by atoms with Gasteiger partial charge in [0.1, 0.15) is 6.10 Å². The van der Waals surface area contributed by atoms with Crippen LogP contribution in [0.5, 0.6) is 5.88 Å². The van der Waals surface area contributed by atoms with E-state index in [2.05, 4.69) is 10.2 Å². The lowest BCUT2D eigenvalue weighted by molar-refractivity contribution is -0.138. The summed E-state index contributed by atoms with van der Waals surface area (Å²) in [5.41, 5.74) is 3.20. The van der Waals surface area contributed by atoms with Crippen LogP contribution in [0.4, 0.5) is 11.5 Å². The molecule has 170 valence electrons. The minimum atomic E-state index is -0.318. The van der Waals surface area contributed by atoms with E-state index >= 15 is 0 Å². The maximum absolute atomic E-state index is 13.2. The number of hydrogen-bond donors (Lipinski definition) is 0. The number of ether oxygens (including phenoxy) is 1. The van der Waals surface area contributed by atoms with Crippen molar-refractivity contribution >= 4 is 23.3 Å². The van der Waals surface area contributed by atoms with Crippen molar-refractivity contribution in [1.82, 2.24) is 15.1 Å². The molecule has 2 atom stereocenters. The summed E-state index contributed by atoms with van der Waals surface area (Å²) in [6.07, 6.45) is 1.85. The fourth-order valence-corrected chi connectivity index (χ4v) is 4.29. The molecule has 2 aliphatic heterocycles. The van der Waals surface area contributed by atoms with Crippen LogP contribution in [0.1, 0.15) is 30.4 Å². The van der Waals surface area contributed by atoms with Gasteiger partial charge < -0.3 is 19.4 Å². The van der Waals surface area contributed by atoms with E-state index in [1.807, 2.05) is 62.0 Å². The third-order valence-electron chi connectivity index (χ3n) is 6.34. The van der Waals surface area contributed by atoms with Crippen molar-refractivity contribution in [2.24, 2.45) is 5.92 Å². The van der Waals surface area contributed by atoms with Crippen LogP contribution in [0.2, 0.25) is 0 Å². The van der Waals surface area contributed by atoms with Gasteiger partial charge in [-0.15, -0.1) is 10.2 Å². The Bertz CT molecular complexity index is 992. The Balaban J connectivity index is 1.37. The van der Waals surface area contributed by atoms with Crippen LogP contribution in [0, 0.1) is 19.8 Å². The number of likely N-dealkylation sites (tertiary alicyclic amines) is 1. The Hall–Kier alpha value is -3.16. The van der Waals surface area contributed by atoms with Crippen LogP contribution in [0.25, 0.3) is 0 Å². The minimum Gasteiger partial charge on any atom is -0.471 e. The van der Waals surface area contributed by atoms with Crippen molar-refractivity contribution in [2.75, 3.05) is 43.5 Å². The molecular weight excluding hydrogens is 406 g/mol. The van der Waals surface area contributed by atoms with Gasteiger partial charge in [-0.05, 0) is 56.0 Å². The predicted octanol–water partition coefficient (Wildman–Crippen LogP) is 2.58. The molecule has 0 saturated carbocycles. The zero-order valence-corrected chi connectivity index (χ0v) is 19.2. The average Bonchev–Trinajstić information content (AvgIpc) is 3.17. The number of nitrogens with zero attached hydrogens (tertiary/aromatic N) is 5. The van der Waals surface area contributed by atoms with E-state index in [4.69, 9.17) is 4.74 Å². The lowest BCUT2D eigenvalue weighted by atomic mass is 10.0. The van der Waals surface area contributed by atoms with Gasteiger partial charge in [-0.2, -0.15) is 0 Å². The fourth-order valence-electron chi connectivity index (χ4n) is 4.29. The highest BCUT2D eigenvalue weighted by molar-refractivity contribution is 6.00. The zero-order chi connectivity index (χ0) is 22.8. The molecule has 0 aliphatic carbocycles. The molecule has 4 rings (SSSR count). The summed E-state index contributed by atoms with van der Waals surface area (Å²) in [7, 11) is 3.81. The van der Waals surface area contributed by atoms with E-state index in [-0.39, 0.29) is 30.3 Å². The predicted molar refractivity (Wildman–Crippen MR) is 123 cm³/mol. The van der Waals surface area contributed by atoms with Crippen LogP contribution in [-0.4, -0.2) is 66.7 Å². The first kappa shape index (κ1) is 22.0. The number of carbonyl (C=O) groups is 2. The van der Waals surface area contributed by atoms with Crippen molar-refractivity contribution in [3.05, 3.63) is 41.5 Å². The van der Waals surface area contributed by atoms with Gasteiger partial charge in [-0.3, -0.25) is 9.59 Å². The van der Waals surface area contributed by atoms with E-state index in [1.165, 1.54) is 5.56 Å². The summed E-state index contributed by atoms with van der Waals surface area (Å²) >= 11 is 0. The molecule has 1 aromatic heterocycles. The fraction of sp³-hybridized carbons (Fsp3) is 0.500. The van der Waals surface area contributed by atoms with Gasteiger partial charge in [-0.25, -0.2) is 0 Å². The van der Waals surface area contributed by atoms with E-state index < -0.39 is 0 Å². The van der Waals surface area contributed by atoms with Gasteiger partial charge >= 0.3 is 0 Å². The third-order valence-corrected chi connectivity index (χ3v) is 6.34. The maximum atomic E-state index is 13.2. The molecule has 2 amide bonds. The van der Waals surface area contributed by atoms with Gasteiger partial charge in [0.25, 0.3) is 0 Å². The Morgan fingerprint density at radius 1 is 1.09 bits per heavy atom. The number of rotatable bonds is 5. The lowest BCUT2D eigenvalue weighted by Crippen LogP contribution is -2.47. The number of hydrogen-bond acceptors (Lipinski definition) is 6. The van der Waals surface area contributed by atoms with E-state index in [0.717, 1.165) is 29.9 Å². The van der Waals surface area contributed by atoms with Gasteiger partial charge in [0.15, 0.2) is 5.82 Å². The van der Waals surface area contributed by atoms with Gasteiger partial charge in [-0.1, -0.05) is 6.07 Å². The summed E-state index contributed by atoms with van der Waals surface area (Å²) in [5.74, 6) is 0.950. The summed E-state index contributed by atoms with van der Waals surface area (Å²) < 4.78 is 6.01. The Labute approximate surface area is 189 Å². The average molecular weight is 438 g/mol. The molecule has 1 aromatic carbocycles. The monoisotopic (exact) mass is 437 g/mol. The first-order chi connectivity index (χ1) is 15.3. The molecule has 0 N–H and O–H groups in total. The number of benzene rings is 1. The quantitative estimate of drug-likeness (QED) is 0.716. The second-order valence-electron chi connectivity index (χ2n) is 8.96. The Kier molecular flexibility index (Phi) is 6.30. The smallest absolute Gasteiger partial charge is 0.233 e. The number of aromatic nitrogens is 2. The molecular formula is C24H31N5O3. The highest BCUT2D eigenvalue weighted by Gasteiger charge is 2.38. The summed E-state index contributed by atoms with van der Waals surface area (Å²) in [6.45, 7) is 5.71. The lowest BCUT2D eigenvalue weighted by Gasteiger charge is -2.34. The van der Waals surface area contributed by atoms with Crippen molar-refractivity contribution in [3.8, 4) is 5.88 Å². The van der Waals surface area contributed by atoms with Crippen molar-refractivity contribution in [2.45, 2.75) is 39.2 Å². The standard InChI is InChI=1S/C24H31N5O3/c1-16-7-8-19(12-17(16)2)29-14-18(13-23(29)30)24(31)28-11-5-6-20(15-28)32-22-10-9-21(25-26-22)27(3)4/h7-10,12,18,20H,5-6,11,13-15H2,1-4H3. The number of anilines is 2. The van der Waals surface area contributed by atoms with Gasteiger partial charge in [0.05, 0.1) is 12.5 Å². The van der Waals surface area contributed by atoms with Gasteiger partial charge in [0.2, 0.25) is 17.7 Å².